The first-order valence-electron chi connectivity index (χ1n) is 33.4. The Balaban J connectivity index is 1.55. The van der Waals surface area contributed by atoms with E-state index in [0.717, 1.165) is 51.9 Å². The van der Waals surface area contributed by atoms with Gasteiger partial charge in [-0.1, -0.05) is 213 Å². The van der Waals surface area contributed by atoms with E-state index < -0.39 is 148 Å². The molecule has 86 heavy (non-hydrogen) atoms. The summed E-state index contributed by atoms with van der Waals surface area (Å²) in [6.45, 7) is 2.17. The summed E-state index contributed by atoms with van der Waals surface area (Å²) in [6, 6.07) is -2.52. The number of aliphatic carboxylic acids is 1. The molecule has 3 fully saturated rings. The summed E-state index contributed by atoms with van der Waals surface area (Å²) in [5.74, 6) is -6.09. The highest BCUT2D eigenvalue weighted by molar-refractivity contribution is 5.77. The molecule has 18 unspecified atom stereocenters. The monoisotopic (exact) mass is 1240 g/mol. The van der Waals surface area contributed by atoms with Crippen LogP contribution in [0.5, 0.6) is 0 Å². The second kappa shape index (κ2) is 45.1. The Kier molecular flexibility index (Phi) is 40.9. The van der Waals surface area contributed by atoms with Crippen molar-refractivity contribution in [2.75, 3.05) is 26.4 Å². The predicted octanol–water partition coefficient (Wildman–Crippen LogP) is 4.95. The quantitative estimate of drug-likeness (QED) is 0.0358. The molecular weight excluding hydrogens is 1120 g/mol. The standard InChI is InChI=1S/C63H118N2O21/c1-4-6-8-10-12-14-15-16-17-18-19-20-21-22-23-24-25-26-27-29-31-33-35-37-50(73)65-44(45(70)36-34-32-30-28-13-11-9-7-5-2)42-81-60-55(77)54(76)57(49(41-68)83-60)84-61-56(78)59(53(75)48(40-67)82-61)86-63(62(79)80)38-46(71)51(64-43(3)69)58(85-63)52(74)47(72)39-66/h44-49,51-61,66-68,70-72,74-78H,4-42H2,1-3H3,(H,64,69)(H,65,73)(H,79,80). The second-order valence-corrected chi connectivity index (χ2v) is 24.7. The van der Waals surface area contributed by atoms with Gasteiger partial charge in [0.25, 0.3) is 5.79 Å². The highest BCUT2D eigenvalue weighted by Crippen LogP contribution is 2.39. The zero-order chi connectivity index (χ0) is 63.3. The van der Waals surface area contributed by atoms with E-state index in [2.05, 4.69) is 24.5 Å². The average Bonchev–Trinajstić information content (AvgIpc) is 0.927. The molecule has 0 bridgehead atoms. The Morgan fingerprint density at radius 1 is 0.558 bits per heavy atom. The number of carboxylic acid groups (broad SMARTS) is 1. The molecule has 2 amide bonds. The zero-order valence-corrected chi connectivity index (χ0v) is 52.4. The lowest BCUT2D eigenvalue weighted by atomic mass is 9.88. The molecule has 3 rings (SSSR count). The minimum absolute atomic E-state index is 0.228. The fraction of sp³-hybridized carbons (Fsp3) is 0.952. The van der Waals surface area contributed by atoms with Gasteiger partial charge >= 0.3 is 5.97 Å². The number of carboxylic acids is 1. The van der Waals surface area contributed by atoms with E-state index in [1.165, 1.54) is 148 Å². The van der Waals surface area contributed by atoms with Crippen LogP contribution in [0.3, 0.4) is 0 Å². The van der Waals surface area contributed by atoms with Gasteiger partial charge < -0.3 is 100 Å². The molecule has 0 aliphatic carbocycles. The van der Waals surface area contributed by atoms with Crippen LogP contribution >= 0.6 is 0 Å². The van der Waals surface area contributed by atoms with Crippen LogP contribution in [0.25, 0.3) is 0 Å². The molecule has 3 heterocycles. The summed E-state index contributed by atoms with van der Waals surface area (Å²) in [4.78, 5) is 38.4. The van der Waals surface area contributed by atoms with Crippen LogP contribution in [-0.2, 0) is 42.8 Å². The lowest BCUT2D eigenvalue weighted by Crippen LogP contribution is -2.70. The van der Waals surface area contributed by atoms with Gasteiger partial charge in [0, 0.05) is 19.8 Å². The third-order valence-electron chi connectivity index (χ3n) is 17.3. The average molecular weight is 1240 g/mol. The highest BCUT2D eigenvalue weighted by Gasteiger charge is 2.60. The molecule has 0 radical (unpaired) electrons. The summed E-state index contributed by atoms with van der Waals surface area (Å²) in [6.07, 6.45) is 10.1. The molecule has 14 N–H and O–H groups in total. The molecule has 0 aromatic rings. The van der Waals surface area contributed by atoms with E-state index in [4.69, 9.17) is 28.4 Å². The third-order valence-corrected chi connectivity index (χ3v) is 17.3. The van der Waals surface area contributed by atoms with Crippen molar-refractivity contribution in [2.24, 2.45) is 0 Å². The summed E-state index contributed by atoms with van der Waals surface area (Å²) in [5, 5.41) is 136. The molecule has 0 spiro atoms. The van der Waals surface area contributed by atoms with Gasteiger partial charge in [0.05, 0.1) is 50.7 Å². The largest absolute Gasteiger partial charge is 0.477 e. The van der Waals surface area contributed by atoms with Crippen LogP contribution in [0, 0.1) is 0 Å². The molecule has 0 saturated carbocycles. The van der Waals surface area contributed by atoms with Gasteiger partial charge in [0.15, 0.2) is 12.6 Å². The molecular formula is C63H118N2O21. The van der Waals surface area contributed by atoms with Gasteiger partial charge in [0.2, 0.25) is 11.8 Å². The number of hydrogen-bond acceptors (Lipinski definition) is 20. The maximum atomic E-state index is 13.4. The Morgan fingerprint density at radius 3 is 1.45 bits per heavy atom. The third kappa shape index (κ3) is 28.1. The number of hydrogen-bond donors (Lipinski definition) is 14. The van der Waals surface area contributed by atoms with Crippen molar-refractivity contribution < 1.29 is 104 Å². The van der Waals surface area contributed by atoms with Crippen molar-refractivity contribution in [1.29, 1.82) is 0 Å². The number of amides is 2. The molecule has 23 nitrogen and oxygen atoms in total. The van der Waals surface area contributed by atoms with Crippen molar-refractivity contribution in [3.63, 3.8) is 0 Å². The molecule has 506 valence electrons. The number of rotatable bonds is 50. The zero-order valence-electron chi connectivity index (χ0n) is 52.4. The molecule has 18 atom stereocenters. The SMILES string of the molecule is CCCCCCCCCCCCCCCCCCCCCCCCCC(=O)NC(COC1OC(CO)C(OC2OC(CO)C(O)C(OC3(C(=O)O)CC(O)C(NC(C)=O)C(C(O)C(O)CO)O3)C2O)C(O)C1O)C(O)CCCCCCCCCCC. The van der Waals surface area contributed by atoms with Gasteiger partial charge in [-0.25, -0.2) is 4.79 Å². The Hall–Kier alpha value is -2.27. The number of aliphatic hydroxyl groups is 11. The molecule has 0 aromatic carbocycles. The number of ether oxygens (including phenoxy) is 6. The van der Waals surface area contributed by atoms with Crippen LogP contribution in [0.1, 0.15) is 245 Å². The first kappa shape index (κ1) is 78.0. The topological polar surface area (TPSA) is 373 Å². The number of carbonyl (C=O) groups is 3. The van der Waals surface area contributed by atoms with Crippen LogP contribution in [0.15, 0.2) is 0 Å². The minimum Gasteiger partial charge on any atom is -0.477 e. The van der Waals surface area contributed by atoms with Crippen molar-refractivity contribution in [2.45, 2.75) is 355 Å². The summed E-state index contributed by atoms with van der Waals surface area (Å²) < 4.78 is 34.7. The molecule has 3 aliphatic rings. The van der Waals surface area contributed by atoms with E-state index in [1.54, 1.807) is 0 Å². The van der Waals surface area contributed by atoms with E-state index in [1.807, 2.05) is 0 Å². The maximum Gasteiger partial charge on any atom is 0.364 e. The van der Waals surface area contributed by atoms with Crippen LogP contribution in [0.2, 0.25) is 0 Å². The smallest absolute Gasteiger partial charge is 0.364 e. The fourth-order valence-corrected chi connectivity index (χ4v) is 11.9. The highest BCUT2D eigenvalue weighted by atomic mass is 16.8. The Labute approximate surface area is 512 Å². The molecule has 23 heteroatoms. The predicted molar refractivity (Wildman–Crippen MR) is 320 cm³/mol. The van der Waals surface area contributed by atoms with Crippen LogP contribution in [-0.4, -0.2) is 215 Å². The lowest BCUT2D eigenvalue weighted by Gasteiger charge is -2.50. The van der Waals surface area contributed by atoms with Gasteiger partial charge in [-0.3, -0.25) is 9.59 Å². The van der Waals surface area contributed by atoms with Gasteiger partial charge in [-0.15, -0.1) is 0 Å². The van der Waals surface area contributed by atoms with Crippen molar-refractivity contribution >= 4 is 17.8 Å². The number of unbranched alkanes of at least 4 members (excludes halogenated alkanes) is 30. The van der Waals surface area contributed by atoms with Gasteiger partial charge in [-0.05, 0) is 12.8 Å². The summed E-state index contributed by atoms with van der Waals surface area (Å²) in [7, 11) is 0. The Bertz CT molecular complexity index is 1760. The second-order valence-electron chi connectivity index (χ2n) is 24.7. The van der Waals surface area contributed by atoms with E-state index in [9.17, 15) is 75.7 Å². The van der Waals surface area contributed by atoms with Crippen LogP contribution in [0.4, 0.5) is 0 Å². The molecule has 3 aliphatic heterocycles. The van der Waals surface area contributed by atoms with E-state index in [0.29, 0.717) is 19.3 Å². The van der Waals surface area contributed by atoms with Crippen molar-refractivity contribution in [3.8, 4) is 0 Å². The maximum absolute atomic E-state index is 13.4. The number of nitrogens with one attached hydrogen (secondary N) is 2. The van der Waals surface area contributed by atoms with Gasteiger partial charge in [-0.2, -0.15) is 0 Å². The normalized spacial score (nSPS) is 29.3. The lowest BCUT2D eigenvalue weighted by molar-refractivity contribution is -0.386. The van der Waals surface area contributed by atoms with Gasteiger partial charge in [0.1, 0.15) is 67.1 Å². The number of aliphatic hydroxyl groups excluding tert-OH is 11. The van der Waals surface area contributed by atoms with Crippen molar-refractivity contribution in [1.82, 2.24) is 10.6 Å². The van der Waals surface area contributed by atoms with E-state index >= 15 is 0 Å². The summed E-state index contributed by atoms with van der Waals surface area (Å²) in [5.41, 5.74) is 0. The minimum atomic E-state index is -3.07. The van der Waals surface area contributed by atoms with E-state index in [-0.39, 0.29) is 18.9 Å². The molecule has 0 aromatic heterocycles. The first-order chi connectivity index (χ1) is 41.4. The number of carbonyl (C=O) groups excluding carboxylic acids is 2. The van der Waals surface area contributed by atoms with Crippen molar-refractivity contribution in [3.05, 3.63) is 0 Å². The first-order valence-corrected chi connectivity index (χ1v) is 33.4. The Morgan fingerprint density at radius 2 is 1.01 bits per heavy atom. The fourth-order valence-electron chi connectivity index (χ4n) is 11.9. The molecule has 3 saturated heterocycles. The van der Waals surface area contributed by atoms with Crippen LogP contribution < -0.4 is 10.6 Å². The summed E-state index contributed by atoms with van der Waals surface area (Å²) >= 11 is 0.